The van der Waals surface area contributed by atoms with Crippen LogP contribution in [0.15, 0.2) is 0 Å². The van der Waals surface area contributed by atoms with Crippen LogP contribution in [0.5, 0.6) is 0 Å². The highest BCUT2D eigenvalue weighted by molar-refractivity contribution is 5.73. The third-order valence-electron chi connectivity index (χ3n) is 2.97. The second kappa shape index (κ2) is 9.68. The Bertz CT molecular complexity index is 409. The number of aliphatic carboxylic acids is 4. The van der Waals surface area contributed by atoms with Gasteiger partial charge in [-0.25, -0.2) is 0 Å². The molecule has 0 amide bonds. The Hall–Kier alpha value is -2.20. The zero-order valence-electron chi connectivity index (χ0n) is 11.8. The Morgan fingerprint density at radius 2 is 1.36 bits per heavy atom. The molecular formula is C12H20N2O8. The first-order valence-electron chi connectivity index (χ1n) is 6.51. The van der Waals surface area contributed by atoms with Crippen molar-refractivity contribution in [2.45, 2.75) is 37.8 Å². The predicted molar refractivity (Wildman–Crippen MR) is 72.3 cm³/mol. The van der Waals surface area contributed by atoms with Crippen molar-refractivity contribution < 1.29 is 39.6 Å². The van der Waals surface area contributed by atoms with Crippen molar-refractivity contribution in [3.8, 4) is 0 Å². The van der Waals surface area contributed by atoms with Gasteiger partial charge >= 0.3 is 23.9 Å². The maximum Gasteiger partial charge on any atom is 0.320 e. The van der Waals surface area contributed by atoms with Crippen molar-refractivity contribution in [2.75, 3.05) is 13.1 Å². The van der Waals surface area contributed by atoms with Gasteiger partial charge in [0.25, 0.3) is 0 Å². The minimum absolute atomic E-state index is 0.0828. The van der Waals surface area contributed by atoms with Crippen LogP contribution >= 0.6 is 0 Å². The van der Waals surface area contributed by atoms with E-state index in [0.29, 0.717) is 0 Å². The van der Waals surface area contributed by atoms with Gasteiger partial charge < -0.3 is 26.2 Å². The molecule has 10 heteroatoms. The molecule has 0 aliphatic rings. The number of hydrogen-bond donors (Lipinski definition) is 5. The van der Waals surface area contributed by atoms with Crippen LogP contribution in [-0.4, -0.2) is 74.4 Å². The van der Waals surface area contributed by atoms with Gasteiger partial charge in [0.05, 0.1) is 19.5 Å². The molecule has 0 spiro atoms. The standard InChI is InChI=1S/C12H20N2O8/c13-8(12(21)22)3-1-2-7(4-9(15)16)14(5-10(17)18)6-11(19)20/h7-8H,1-6,13H2,(H,15,16)(H,17,18)(H,19,20)(H,21,22). The summed E-state index contributed by atoms with van der Waals surface area (Å²) in [5.74, 6) is -4.95. The van der Waals surface area contributed by atoms with Crippen molar-refractivity contribution in [3.05, 3.63) is 0 Å². The number of carboxylic acid groups (broad SMARTS) is 4. The molecule has 0 aromatic heterocycles. The minimum atomic E-state index is -1.28. The summed E-state index contributed by atoms with van der Waals surface area (Å²) in [5, 5.41) is 35.1. The van der Waals surface area contributed by atoms with Gasteiger partial charge in [-0.05, 0) is 19.3 Å². The largest absolute Gasteiger partial charge is 0.481 e. The summed E-state index contributed by atoms with van der Waals surface area (Å²) in [7, 11) is 0. The lowest BCUT2D eigenvalue weighted by Gasteiger charge is -2.28. The van der Waals surface area contributed by atoms with Crippen LogP contribution in [0.1, 0.15) is 25.7 Å². The topological polar surface area (TPSA) is 178 Å². The van der Waals surface area contributed by atoms with Crippen LogP contribution < -0.4 is 5.73 Å². The van der Waals surface area contributed by atoms with Crippen LogP contribution in [0.2, 0.25) is 0 Å². The van der Waals surface area contributed by atoms with E-state index in [4.69, 9.17) is 26.2 Å². The zero-order valence-corrected chi connectivity index (χ0v) is 11.8. The molecule has 0 saturated carbocycles. The molecule has 0 bridgehead atoms. The van der Waals surface area contributed by atoms with Gasteiger partial charge in [0.15, 0.2) is 0 Å². The molecule has 0 radical (unpaired) electrons. The Labute approximate surface area is 126 Å². The molecule has 0 heterocycles. The van der Waals surface area contributed by atoms with Crippen molar-refractivity contribution in [1.29, 1.82) is 0 Å². The van der Waals surface area contributed by atoms with Crippen LogP contribution in [0.4, 0.5) is 0 Å². The van der Waals surface area contributed by atoms with E-state index < -0.39 is 55.5 Å². The summed E-state index contributed by atoms with van der Waals surface area (Å²) >= 11 is 0. The van der Waals surface area contributed by atoms with E-state index in [1.807, 2.05) is 0 Å². The Morgan fingerprint density at radius 3 is 1.73 bits per heavy atom. The summed E-state index contributed by atoms with van der Waals surface area (Å²) in [4.78, 5) is 44.0. The second-order valence-corrected chi connectivity index (χ2v) is 4.82. The van der Waals surface area contributed by atoms with E-state index in [1.165, 1.54) is 0 Å². The van der Waals surface area contributed by atoms with E-state index in [-0.39, 0.29) is 19.3 Å². The molecule has 2 atom stereocenters. The van der Waals surface area contributed by atoms with Crippen LogP contribution in [0, 0.1) is 0 Å². The molecule has 10 nitrogen and oxygen atoms in total. The molecule has 0 aliphatic carbocycles. The number of carbonyl (C=O) groups is 4. The molecule has 22 heavy (non-hydrogen) atoms. The predicted octanol–water partition coefficient (Wildman–Crippen LogP) is -1.12. The van der Waals surface area contributed by atoms with Gasteiger partial charge in [0.2, 0.25) is 0 Å². The third-order valence-corrected chi connectivity index (χ3v) is 2.97. The molecular weight excluding hydrogens is 300 g/mol. The quantitative estimate of drug-likeness (QED) is 0.296. The first-order chi connectivity index (χ1) is 10.1. The maximum atomic E-state index is 10.9. The average molecular weight is 320 g/mol. The third kappa shape index (κ3) is 8.87. The summed E-state index contributed by atoms with van der Waals surface area (Å²) in [6.07, 6.45) is 0.0112. The summed E-state index contributed by atoms with van der Waals surface area (Å²) in [5.41, 5.74) is 5.32. The van der Waals surface area contributed by atoms with Gasteiger partial charge in [-0.1, -0.05) is 0 Å². The normalized spacial score (nSPS) is 13.5. The fourth-order valence-corrected chi connectivity index (χ4v) is 1.97. The van der Waals surface area contributed by atoms with Gasteiger partial charge in [-0.3, -0.25) is 24.1 Å². The Balaban J connectivity index is 4.80. The SMILES string of the molecule is NC(CCCC(CC(=O)O)N(CC(=O)O)CC(=O)O)C(=O)O. The van der Waals surface area contributed by atoms with E-state index in [2.05, 4.69) is 0 Å². The lowest BCUT2D eigenvalue weighted by molar-refractivity contribution is -0.146. The highest BCUT2D eigenvalue weighted by Crippen LogP contribution is 2.14. The number of hydrogen-bond acceptors (Lipinski definition) is 6. The first kappa shape index (κ1) is 19.8. The lowest BCUT2D eigenvalue weighted by Crippen LogP contribution is -2.43. The summed E-state index contributed by atoms with van der Waals surface area (Å²) < 4.78 is 0. The average Bonchev–Trinajstić information content (AvgIpc) is 2.34. The molecule has 2 unspecified atom stereocenters. The highest BCUT2D eigenvalue weighted by atomic mass is 16.4. The molecule has 0 aromatic carbocycles. The monoisotopic (exact) mass is 320 g/mol. The Morgan fingerprint density at radius 1 is 0.864 bits per heavy atom. The van der Waals surface area contributed by atoms with E-state index in [1.54, 1.807) is 0 Å². The molecule has 0 aromatic rings. The molecule has 0 aliphatic heterocycles. The molecule has 6 N–H and O–H groups in total. The van der Waals surface area contributed by atoms with Crippen LogP contribution in [-0.2, 0) is 19.2 Å². The highest BCUT2D eigenvalue weighted by Gasteiger charge is 2.25. The molecule has 126 valence electrons. The van der Waals surface area contributed by atoms with E-state index in [9.17, 15) is 19.2 Å². The van der Waals surface area contributed by atoms with Crippen molar-refractivity contribution in [1.82, 2.24) is 4.90 Å². The minimum Gasteiger partial charge on any atom is -0.481 e. The molecule has 0 fully saturated rings. The summed E-state index contributed by atoms with van der Waals surface area (Å²) in [6, 6.07) is -1.93. The molecule has 0 saturated heterocycles. The fourth-order valence-electron chi connectivity index (χ4n) is 1.97. The van der Waals surface area contributed by atoms with Crippen LogP contribution in [0.3, 0.4) is 0 Å². The van der Waals surface area contributed by atoms with Crippen LogP contribution in [0.25, 0.3) is 0 Å². The van der Waals surface area contributed by atoms with E-state index >= 15 is 0 Å². The smallest absolute Gasteiger partial charge is 0.320 e. The van der Waals surface area contributed by atoms with Gasteiger partial charge in [-0.2, -0.15) is 0 Å². The van der Waals surface area contributed by atoms with Crippen molar-refractivity contribution in [2.24, 2.45) is 5.73 Å². The van der Waals surface area contributed by atoms with Gasteiger partial charge in [0.1, 0.15) is 6.04 Å². The molecule has 0 rings (SSSR count). The first-order valence-corrected chi connectivity index (χ1v) is 6.51. The van der Waals surface area contributed by atoms with E-state index in [0.717, 1.165) is 4.90 Å². The van der Waals surface area contributed by atoms with Gasteiger partial charge in [-0.15, -0.1) is 0 Å². The summed E-state index contributed by atoms with van der Waals surface area (Å²) in [6.45, 7) is -1.23. The number of nitrogens with zero attached hydrogens (tertiary/aromatic N) is 1. The number of nitrogens with two attached hydrogens (primary N) is 1. The Kier molecular flexibility index (Phi) is 8.72. The van der Waals surface area contributed by atoms with Gasteiger partial charge in [0, 0.05) is 6.04 Å². The van der Waals surface area contributed by atoms with Crippen molar-refractivity contribution in [3.63, 3.8) is 0 Å². The fraction of sp³-hybridized carbons (Fsp3) is 0.667. The maximum absolute atomic E-state index is 10.9. The zero-order chi connectivity index (χ0) is 17.3. The number of carboxylic acids is 4. The lowest BCUT2D eigenvalue weighted by atomic mass is 10.0. The second-order valence-electron chi connectivity index (χ2n) is 4.82. The number of rotatable bonds is 12. The van der Waals surface area contributed by atoms with Crippen molar-refractivity contribution >= 4 is 23.9 Å².